The van der Waals surface area contributed by atoms with Crippen LogP contribution < -0.4 is 0 Å². The van der Waals surface area contributed by atoms with Crippen molar-refractivity contribution in [1.29, 1.82) is 0 Å². The maximum atomic E-state index is 5.77. The lowest BCUT2D eigenvalue weighted by atomic mass is 10.3. The van der Waals surface area contributed by atoms with Gasteiger partial charge in [-0.1, -0.05) is 11.6 Å². The summed E-state index contributed by atoms with van der Waals surface area (Å²) in [5, 5.41) is 7.99. The molecule has 0 saturated carbocycles. The zero-order valence-electron chi connectivity index (χ0n) is 5.31. The number of hydrogen-bond donors (Lipinski definition) is 1. The Labute approximate surface area is 75.9 Å². The van der Waals surface area contributed by atoms with E-state index in [1.807, 2.05) is 0 Å². The summed E-state index contributed by atoms with van der Waals surface area (Å²) in [6.07, 6.45) is 3.35. The second-order valence-corrected chi connectivity index (χ2v) is 3.27. The van der Waals surface area contributed by atoms with E-state index in [1.54, 1.807) is 12.4 Å². The smallest absolute Gasteiger partial charge is 0.154 e. The van der Waals surface area contributed by atoms with Crippen molar-refractivity contribution in [3.05, 3.63) is 22.0 Å². The Morgan fingerprint density at radius 3 is 3.00 bits per heavy atom. The van der Waals surface area contributed by atoms with Crippen LogP contribution in [-0.2, 0) is 0 Å². The second kappa shape index (κ2) is 2.46. The molecule has 0 aromatic carbocycles. The van der Waals surface area contributed by atoms with Crippen LogP contribution in [0.25, 0.3) is 10.9 Å². The van der Waals surface area contributed by atoms with Crippen LogP contribution in [0.1, 0.15) is 0 Å². The third-order valence-electron chi connectivity index (χ3n) is 1.39. The van der Waals surface area contributed by atoms with Crippen LogP contribution in [0.15, 0.2) is 16.9 Å². The van der Waals surface area contributed by atoms with Gasteiger partial charge in [0.2, 0.25) is 0 Å². The lowest BCUT2D eigenvalue weighted by Crippen LogP contribution is -1.77. The van der Waals surface area contributed by atoms with Crippen molar-refractivity contribution >= 4 is 38.4 Å². The molecule has 1 N–H and O–H groups in total. The maximum Gasteiger partial charge on any atom is 0.154 e. The summed E-state index contributed by atoms with van der Waals surface area (Å²) in [6.45, 7) is 0. The maximum absolute atomic E-state index is 5.77. The number of hydrogen-bond acceptors (Lipinski definition) is 2. The number of halogens is 2. The van der Waals surface area contributed by atoms with Gasteiger partial charge >= 0.3 is 0 Å². The first-order valence-corrected chi connectivity index (χ1v) is 4.09. The predicted molar refractivity (Wildman–Crippen MR) is 46.6 cm³/mol. The number of rotatable bonds is 0. The second-order valence-electron chi connectivity index (χ2n) is 2.06. The van der Waals surface area contributed by atoms with Crippen molar-refractivity contribution in [2.75, 3.05) is 0 Å². The highest BCUT2D eigenvalue weighted by Gasteiger charge is 2.04. The molecule has 0 aliphatic heterocycles. The highest BCUT2D eigenvalue weighted by Crippen LogP contribution is 2.25. The first-order valence-electron chi connectivity index (χ1n) is 2.92. The van der Waals surface area contributed by atoms with Crippen molar-refractivity contribution in [1.82, 2.24) is 15.2 Å². The molecule has 0 saturated heterocycles. The summed E-state index contributed by atoms with van der Waals surface area (Å²) in [5.74, 6) is 0. The molecule has 0 atom stereocenters. The third kappa shape index (κ3) is 1.02. The van der Waals surface area contributed by atoms with E-state index in [1.165, 1.54) is 0 Å². The lowest BCUT2D eigenvalue weighted by molar-refractivity contribution is 1.11. The molecule has 2 rings (SSSR count). The van der Waals surface area contributed by atoms with Gasteiger partial charge < -0.3 is 0 Å². The van der Waals surface area contributed by atoms with Crippen molar-refractivity contribution in [3.8, 4) is 0 Å². The standard InChI is InChI=1S/C6H3BrClN3/c7-4-2-9-6(8)5-3(4)1-10-11-5/h1-2H,(H,10,11). The molecule has 0 bridgehead atoms. The van der Waals surface area contributed by atoms with Crippen LogP contribution in [0, 0.1) is 0 Å². The minimum atomic E-state index is 0.445. The zero-order valence-corrected chi connectivity index (χ0v) is 7.65. The number of aromatic nitrogens is 3. The topological polar surface area (TPSA) is 41.6 Å². The Kier molecular flexibility index (Phi) is 1.58. The number of aromatic amines is 1. The molecule has 3 nitrogen and oxygen atoms in total. The Bertz CT molecular complexity index is 362. The highest BCUT2D eigenvalue weighted by molar-refractivity contribution is 9.10. The number of pyridine rings is 1. The Hall–Kier alpha value is -0.610. The largest absolute Gasteiger partial charge is 0.275 e. The number of H-pyrrole nitrogens is 1. The minimum Gasteiger partial charge on any atom is -0.275 e. The van der Waals surface area contributed by atoms with Crippen LogP contribution >= 0.6 is 27.5 Å². The van der Waals surface area contributed by atoms with Crippen LogP contribution in [0.3, 0.4) is 0 Å². The highest BCUT2D eigenvalue weighted by atomic mass is 79.9. The van der Waals surface area contributed by atoms with Gasteiger partial charge in [-0.05, 0) is 15.9 Å². The van der Waals surface area contributed by atoms with Crippen LogP contribution in [0.5, 0.6) is 0 Å². The number of nitrogens with one attached hydrogen (secondary N) is 1. The van der Waals surface area contributed by atoms with E-state index in [-0.39, 0.29) is 0 Å². The average molecular weight is 232 g/mol. The van der Waals surface area contributed by atoms with Gasteiger partial charge in [-0.3, -0.25) is 5.10 Å². The first-order chi connectivity index (χ1) is 5.29. The van der Waals surface area contributed by atoms with E-state index in [0.717, 1.165) is 15.4 Å². The summed E-state index contributed by atoms with van der Waals surface area (Å²) < 4.78 is 0.894. The van der Waals surface area contributed by atoms with Crippen LogP contribution in [0.4, 0.5) is 0 Å². The van der Waals surface area contributed by atoms with E-state index < -0.39 is 0 Å². The van der Waals surface area contributed by atoms with Gasteiger partial charge in [-0.25, -0.2) is 4.98 Å². The molecule has 0 amide bonds. The van der Waals surface area contributed by atoms with Crippen molar-refractivity contribution in [3.63, 3.8) is 0 Å². The summed E-state index contributed by atoms with van der Waals surface area (Å²) >= 11 is 9.10. The molecule has 0 spiro atoms. The van der Waals surface area contributed by atoms with E-state index >= 15 is 0 Å². The van der Waals surface area contributed by atoms with Crippen LogP contribution in [-0.4, -0.2) is 15.2 Å². The monoisotopic (exact) mass is 231 g/mol. The Morgan fingerprint density at radius 2 is 2.27 bits per heavy atom. The fraction of sp³-hybridized carbons (Fsp3) is 0. The molecule has 0 aliphatic rings. The van der Waals surface area contributed by atoms with Gasteiger partial charge in [0.1, 0.15) is 5.52 Å². The molecule has 5 heteroatoms. The first kappa shape index (κ1) is 7.06. The summed E-state index contributed by atoms with van der Waals surface area (Å²) in [7, 11) is 0. The summed E-state index contributed by atoms with van der Waals surface area (Å²) in [5.41, 5.74) is 0.765. The minimum absolute atomic E-state index is 0.445. The molecule has 2 aromatic heterocycles. The van der Waals surface area contributed by atoms with Gasteiger partial charge in [-0.15, -0.1) is 0 Å². The molecule has 0 aliphatic carbocycles. The Balaban J connectivity index is 2.96. The van der Waals surface area contributed by atoms with Gasteiger partial charge in [0.15, 0.2) is 5.15 Å². The fourth-order valence-electron chi connectivity index (χ4n) is 0.872. The van der Waals surface area contributed by atoms with E-state index in [2.05, 4.69) is 31.1 Å². The zero-order chi connectivity index (χ0) is 7.84. The number of fused-ring (bicyclic) bond motifs is 1. The fourth-order valence-corrected chi connectivity index (χ4v) is 1.47. The van der Waals surface area contributed by atoms with Gasteiger partial charge in [0, 0.05) is 16.1 Å². The van der Waals surface area contributed by atoms with Gasteiger partial charge in [0.05, 0.1) is 6.20 Å². The van der Waals surface area contributed by atoms with Gasteiger partial charge in [0.25, 0.3) is 0 Å². The van der Waals surface area contributed by atoms with Crippen molar-refractivity contribution in [2.24, 2.45) is 0 Å². The number of nitrogens with zero attached hydrogens (tertiary/aromatic N) is 2. The quantitative estimate of drug-likeness (QED) is 0.709. The molecule has 2 aromatic rings. The molecular weight excluding hydrogens is 229 g/mol. The molecule has 56 valence electrons. The van der Waals surface area contributed by atoms with Crippen molar-refractivity contribution in [2.45, 2.75) is 0 Å². The average Bonchev–Trinajstić information content (AvgIpc) is 2.45. The molecular formula is C6H3BrClN3. The van der Waals surface area contributed by atoms with E-state index in [0.29, 0.717) is 5.15 Å². The van der Waals surface area contributed by atoms with E-state index in [9.17, 15) is 0 Å². The predicted octanol–water partition coefficient (Wildman–Crippen LogP) is 2.37. The molecule has 0 fully saturated rings. The Morgan fingerprint density at radius 1 is 1.45 bits per heavy atom. The summed E-state index contributed by atoms with van der Waals surface area (Å²) in [6, 6.07) is 0. The van der Waals surface area contributed by atoms with E-state index in [4.69, 9.17) is 11.6 Å². The van der Waals surface area contributed by atoms with Gasteiger partial charge in [-0.2, -0.15) is 5.10 Å². The molecule has 2 heterocycles. The normalized spacial score (nSPS) is 10.7. The van der Waals surface area contributed by atoms with Crippen molar-refractivity contribution < 1.29 is 0 Å². The lowest BCUT2D eigenvalue weighted by Gasteiger charge is -1.92. The molecule has 0 unspecified atom stereocenters. The molecule has 0 radical (unpaired) electrons. The summed E-state index contributed by atoms with van der Waals surface area (Å²) in [4.78, 5) is 3.93. The van der Waals surface area contributed by atoms with Crippen LogP contribution in [0.2, 0.25) is 5.15 Å². The third-order valence-corrected chi connectivity index (χ3v) is 2.31. The molecule has 11 heavy (non-hydrogen) atoms. The SMILES string of the molecule is Clc1ncc(Br)c2cn[nH]c12.